The van der Waals surface area contributed by atoms with E-state index in [1.807, 2.05) is 13.0 Å². The molecule has 5 heteroatoms. The van der Waals surface area contributed by atoms with Crippen LogP contribution in [0.25, 0.3) is 0 Å². The highest BCUT2D eigenvalue weighted by Gasteiger charge is 2.38. The van der Waals surface area contributed by atoms with Crippen molar-refractivity contribution in [1.29, 1.82) is 0 Å². The Morgan fingerprint density at radius 2 is 2.40 bits per heavy atom. The highest BCUT2D eigenvalue weighted by molar-refractivity contribution is 6.30. The van der Waals surface area contributed by atoms with Gasteiger partial charge in [0.1, 0.15) is 0 Å². The topological polar surface area (TPSA) is 41.0 Å². The Kier molecular flexibility index (Phi) is 2.07. The average molecular weight is 225 g/mol. The maximum absolute atomic E-state index is 5.86. The molecule has 2 saturated heterocycles. The second-order valence-corrected chi connectivity index (χ2v) is 4.68. The zero-order valence-corrected chi connectivity index (χ0v) is 9.33. The lowest BCUT2D eigenvalue weighted by molar-refractivity contribution is 0.574. The summed E-state index contributed by atoms with van der Waals surface area (Å²) in [6.45, 7) is 4.07. The van der Waals surface area contributed by atoms with Gasteiger partial charge >= 0.3 is 0 Å². The number of fused-ring (bicyclic) bond motifs is 2. The monoisotopic (exact) mass is 224 g/mol. The molecule has 15 heavy (non-hydrogen) atoms. The Balaban J connectivity index is 1.90. The van der Waals surface area contributed by atoms with E-state index in [2.05, 4.69) is 20.4 Å². The minimum Gasteiger partial charge on any atom is -0.349 e. The third kappa shape index (κ3) is 1.48. The Hall–Kier alpha value is -0.870. The van der Waals surface area contributed by atoms with Crippen molar-refractivity contribution in [3.8, 4) is 0 Å². The molecule has 4 nitrogen and oxygen atoms in total. The van der Waals surface area contributed by atoms with E-state index in [0.717, 1.165) is 24.5 Å². The molecule has 0 aliphatic carbocycles. The van der Waals surface area contributed by atoms with Gasteiger partial charge in [-0.05, 0) is 25.0 Å². The van der Waals surface area contributed by atoms with Crippen LogP contribution in [-0.4, -0.2) is 35.4 Å². The first-order chi connectivity index (χ1) is 7.24. The first-order valence-corrected chi connectivity index (χ1v) is 5.61. The third-order valence-electron chi connectivity index (χ3n) is 3.26. The van der Waals surface area contributed by atoms with E-state index >= 15 is 0 Å². The normalized spacial score (nSPS) is 28.8. The summed E-state index contributed by atoms with van der Waals surface area (Å²) in [6, 6.07) is 3.24. The molecular formula is C10H13ClN4. The summed E-state index contributed by atoms with van der Waals surface area (Å²) in [7, 11) is 0. The van der Waals surface area contributed by atoms with Gasteiger partial charge < -0.3 is 10.2 Å². The van der Waals surface area contributed by atoms with Crippen LogP contribution in [-0.2, 0) is 0 Å². The van der Waals surface area contributed by atoms with Crippen molar-refractivity contribution in [2.24, 2.45) is 0 Å². The number of rotatable bonds is 1. The van der Waals surface area contributed by atoms with Crippen LogP contribution in [0.15, 0.2) is 6.07 Å². The van der Waals surface area contributed by atoms with Gasteiger partial charge in [-0.2, -0.15) is 0 Å². The van der Waals surface area contributed by atoms with Crippen LogP contribution in [0.5, 0.6) is 0 Å². The maximum atomic E-state index is 5.86. The molecule has 2 fully saturated rings. The van der Waals surface area contributed by atoms with Gasteiger partial charge in [-0.3, -0.25) is 0 Å². The Bertz CT molecular complexity index is 395. The first kappa shape index (κ1) is 9.36. The molecule has 2 aliphatic rings. The van der Waals surface area contributed by atoms with Crippen LogP contribution < -0.4 is 10.2 Å². The fraction of sp³-hybridized carbons (Fsp3) is 0.600. The van der Waals surface area contributed by atoms with Crippen LogP contribution >= 0.6 is 11.6 Å². The summed E-state index contributed by atoms with van der Waals surface area (Å²) >= 11 is 5.86. The summed E-state index contributed by atoms with van der Waals surface area (Å²) in [5.74, 6) is 0.964. The van der Waals surface area contributed by atoms with Crippen molar-refractivity contribution >= 4 is 17.4 Å². The summed E-state index contributed by atoms with van der Waals surface area (Å²) in [5.41, 5.74) is 0.998. The summed E-state index contributed by atoms with van der Waals surface area (Å²) in [5, 5.41) is 12.1. The number of hydrogen-bond donors (Lipinski definition) is 1. The molecule has 2 aliphatic heterocycles. The lowest BCUT2D eigenvalue weighted by Gasteiger charge is -2.28. The molecule has 0 unspecified atom stereocenters. The van der Waals surface area contributed by atoms with E-state index in [0.29, 0.717) is 17.2 Å². The van der Waals surface area contributed by atoms with Crippen LogP contribution in [0, 0.1) is 6.92 Å². The molecule has 0 spiro atoms. The van der Waals surface area contributed by atoms with Gasteiger partial charge in [0.05, 0.1) is 0 Å². The SMILES string of the molecule is Cc1cc(N2C[C@H]3C[C@@H]2CN3)nnc1Cl. The second-order valence-electron chi connectivity index (χ2n) is 4.32. The van der Waals surface area contributed by atoms with Gasteiger partial charge in [0.2, 0.25) is 0 Å². The van der Waals surface area contributed by atoms with E-state index in [9.17, 15) is 0 Å². The van der Waals surface area contributed by atoms with E-state index in [-0.39, 0.29) is 0 Å². The number of nitrogens with zero attached hydrogens (tertiary/aromatic N) is 3. The molecule has 2 atom stereocenters. The van der Waals surface area contributed by atoms with Crippen molar-refractivity contribution < 1.29 is 0 Å². The van der Waals surface area contributed by atoms with Crippen molar-refractivity contribution in [2.75, 3.05) is 18.0 Å². The van der Waals surface area contributed by atoms with Crippen molar-refractivity contribution in [2.45, 2.75) is 25.4 Å². The molecule has 2 bridgehead atoms. The molecule has 0 saturated carbocycles. The summed E-state index contributed by atoms with van der Waals surface area (Å²) in [4.78, 5) is 2.33. The maximum Gasteiger partial charge on any atom is 0.154 e. The van der Waals surface area contributed by atoms with Crippen LogP contribution in [0.4, 0.5) is 5.82 Å². The predicted molar refractivity (Wildman–Crippen MR) is 59.3 cm³/mol. The number of aromatic nitrogens is 2. The summed E-state index contributed by atoms with van der Waals surface area (Å²) in [6.07, 6.45) is 1.23. The van der Waals surface area contributed by atoms with Crippen molar-refractivity contribution in [3.05, 3.63) is 16.8 Å². The smallest absolute Gasteiger partial charge is 0.154 e. The number of halogens is 1. The minimum atomic E-state index is 0.501. The Morgan fingerprint density at radius 3 is 3.00 bits per heavy atom. The molecule has 0 radical (unpaired) electrons. The predicted octanol–water partition coefficient (Wildman–Crippen LogP) is 0.989. The molecule has 1 N–H and O–H groups in total. The van der Waals surface area contributed by atoms with E-state index < -0.39 is 0 Å². The average Bonchev–Trinajstić information content (AvgIpc) is 2.83. The molecule has 0 amide bonds. The molecule has 0 aromatic carbocycles. The Morgan fingerprint density at radius 1 is 1.53 bits per heavy atom. The van der Waals surface area contributed by atoms with Crippen molar-refractivity contribution in [1.82, 2.24) is 15.5 Å². The standard InChI is InChI=1S/C10H13ClN4/c1-6-2-9(13-14-10(6)11)15-5-7-3-8(15)4-12-7/h2,7-8,12H,3-5H2,1H3/t7-,8-/m1/s1. The van der Waals surface area contributed by atoms with Gasteiger partial charge in [0.25, 0.3) is 0 Å². The molecular weight excluding hydrogens is 212 g/mol. The third-order valence-corrected chi connectivity index (χ3v) is 3.64. The fourth-order valence-electron chi connectivity index (χ4n) is 2.44. The van der Waals surface area contributed by atoms with Crippen LogP contribution in [0.3, 0.4) is 0 Å². The Labute approximate surface area is 93.6 Å². The number of nitrogens with one attached hydrogen (secondary N) is 1. The van der Waals surface area contributed by atoms with Crippen molar-refractivity contribution in [3.63, 3.8) is 0 Å². The summed E-state index contributed by atoms with van der Waals surface area (Å²) < 4.78 is 0. The van der Waals surface area contributed by atoms with Crippen LogP contribution in [0.1, 0.15) is 12.0 Å². The van der Waals surface area contributed by atoms with Gasteiger partial charge in [-0.25, -0.2) is 0 Å². The minimum absolute atomic E-state index is 0.501. The molecule has 80 valence electrons. The largest absolute Gasteiger partial charge is 0.349 e. The fourth-order valence-corrected chi connectivity index (χ4v) is 2.53. The molecule has 1 aromatic rings. The van der Waals surface area contributed by atoms with Gasteiger partial charge in [-0.15, -0.1) is 10.2 Å². The number of piperazine rings is 1. The highest BCUT2D eigenvalue weighted by Crippen LogP contribution is 2.28. The quantitative estimate of drug-likeness (QED) is 0.773. The van der Waals surface area contributed by atoms with E-state index in [1.54, 1.807) is 0 Å². The lowest BCUT2D eigenvalue weighted by atomic mass is 10.2. The number of hydrogen-bond acceptors (Lipinski definition) is 4. The lowest BCUT2D eigenvalue weighted by Crippen LogP contribution is -2.44. The van der Waals surface area contributed by atoms with E-state index in [1.165, 1.54) is 6.42 Å². The first-order valence-electron chi connectivity index (χ1n) is 5.24. The molecule has 3 rings (SSSR count). The zero-order chi connectivity index (χ0) is 10.4. The second kappa shape index (κ2) is 3.32. The molecule has 3 heterocycles. The number of anilines is 1. The highest BCUT2D eigenvalue weighted by atomic mass is 35.5. The van der Waals surface area contributed by atoms with E-state index in [4.69, 9.17) is 11.6 Å². The van der Waals surface area contributed by atoms with Gasteiger partial charge in [0.15, 0.2) is 11.0 Å². The zero-order valence-electron chi connectivity index (χ0n) is 8.57. The van der Waals surface area contributed by atoms with Gasteiger partial charge in [-0.1, -0.05) is 11.6 Å². The number of aryl methyl sites for hydroxylation is 1. The molecule has 1 aromatic heterocycles. The van der Waals surface area contributed by atoms with Crippen LogP contribution in [0.2, 0.25) is 5.15 Å². The van der Waals surface area contributed by atoms with Gasteiger partial charge in [0, 0.05) is 25.2 Å².